The minimum Gasteiger partial charge on any atom is -0.469 e. The van der Waals surface area contributed by atoms with E-state index in [2.05, 4.69) is 5.32 Å². The summed E-state index contributed by atoms with van der Waals surface area (Å²) in [6.45, 7) is 1.11. The summed E-state index contributed by atoms with van der Waals surface area (Å²) in [6.07, 6.45) is 5.05. The van der Waals surface area contributed by atoms with Crippen LogP contribution in [-0.2, 0) is 19.1 Å². The summed E-state index contributed by atoms with van der Waals surface area (Å²) >= 11 is 0. The minimum atomic E-state index is -0.523. The van der Waals surface area contributed by atoms with Crippen LogP contribution in [0.1, 0.15) is 44.9 Å². The fourth-order valence-corrected chi connectivity index (χ4v) is 3.36. The van der Waals surface area contributed by atoms with Crippen LogP contribution in [0.15, 0.2) is 0 Å². The van der Waals surface area contributed by atoms with Crippen molar-refractivity contribution >= 4 is 11.9 Å². The van der Waals surface area contributed by atoms with Crippen LogP contribution in [0.4, 0.5) is 0 Å². The van der Waals surface area contributed by atoms with Crippen molar-refractivity contribution in [1.29, 1.82) is 0 Å². The molecular formula is C15H26N2O4. The quantitative estimate of drug-likeness (QED) is 0.730. The van der Waals surface area contributed by atoms with Crippen LogP contribution in [0.5, 0.6) is 0 Å². The molecule has 2 rings (SSSR count). The van der Waals surface area contributed by atoms with E-state index in [1.165, 1.54) is 7.11 Å². The number of hydrogen-bond acceptors (Lipinski definition) is 5. The number of ether oxygens (including phenoxy) is 2. The van der Waals surface area contributed by atoms with E-state index < -0.39 is 5.54 Å². The highest BCUT2D eigenvalue weighted by Crippen LogP contribution is 2.29. The molecule has 1 saturated heterocycles. The third-order valence-corrected chi connectivity index (χ3v) is 4.73. The van der Waals surface area contributed by atoms with E-state index in [0.717, 1.165) is 19.3 Å². The molecule has 3 N–H and O–H groups in total. The van der Waals surface area contributed by atoms with Crippen LogP contribution in [0, 0.1) is 5.92 Å². The maximum atomic E-state index is 12.3. The molecule has 1 saturated carbocycles. The van der Waals surface area contributed by atoms with Gasteiger partial charge in [-0.2, -0.15) is 0 Å². The van der Waals surface area contributed by atoms with Crippen LogP contribution in [0.2, 0.25) is 0 Å². The number of methoxy groups -OCH3 is 1. The van der Waals surface area contributed by atoms with E-state index in [1.807, 2.05) is 0 Å². The normalized spacial score (nSPS) is 28.1. The molecule has 0 aromatic heterocycles. The Hall–Kier alpha value is -1.14. The Labute approximate surface area is 125 Å². The zero-order valence-electron chi connectivity index (χ0n) is 12.7. The Morgan fingerprint density at radius 1 is 1.33 bits per heavy atom. The number of hydrogen-bond donors (Lipinski definition) is 2. The van der Waals surface area contributed by atoms with Crippen molar-refractivity contribution in [2.75, 3.05) is 20.3 Å². The maximum absolute atomic E-state index is 12.3. The third kappa shape index (κ3) is 4.41. The Balaban J connectivity index is 1.94. The molecule has 0 aromatic rings. The van der Waals surface area contributed by atoms with Gasteiger partial charge in [0.1, 0.15) is 0 Å². The van der Waals surface area contributed by atoms with Gasteiger partial charge in [0.25, 0.3) is 0 Å². The third-order valence-electron chi connectivity index (χ3n) is 4.73. The predicted octanol–water partition coefficient (Wildman–Crippen LogP) is 0.732. The van der Waals surface area contributed by atoms with Gasteiger partial charge in [-0.15, -0.1) is 0 Å². The molecule has 0 radical (unpaired) electrons. The number of carbonyl (C=O) groups is 2. The van der Waals surface area contributed by atoms with Crippen molar-refractivity contribution in [3.05, 3.63) is 0 Å². The monoisotopic (exact) mass is 298 g/mol. The number of rotatable bonds is 5. The minimum absolute atomic E-state index is 0.0110. The molecule has 0 unspecified atom stereocenters. The molecule has 2 fully saturated rings. The van der Waals surface area contributed by atoms with E-state index in [9.17, 15) is 9.59 Å². The van der Waals surface area contributed by atoms with Crippen molar-refractivity contribution in [3.8, 4) is 0 Å². The molecule has 1 aliphatic carbocycles. The largest absolute Gasteiger partial charge is 0.469 e. The molecule has 0 spiro atoms. The average Bonchev–Trinajstić information content (AvgIpc) is 2.84. The molecule has 0 bridgehead atoms. The molecule has 1 aliphatic heterocycles. The maximum Gasteiger partial charge on any atom is 0.307 e. The lowest BCUT2D eigenvalue weighted by Crippen LogP contribution is -2.53. The van der Waals surface area contributed by atoms with Gasteiger partial charge in [-0.3, -0.25) is 9.59 Å². The molecule has 6 heteroatoms. The summed E-state index contributed by atoms with van der Waals surface area (Å²) < 4.78 is 10.1. The number of amides is 1. The van der Waals surface area contributed by atoms with Crippen LogP contribution in [0.3, 0.4) is 0 Å². The number of carbonyl (C=O) groups excluding carboxylic acids is 2. The Morgan fingerprint density at radius 3 is 2.62 bits per heavy atom. The summed E-state index contributed by atoms with van der Waals surface area (Å²) in [4.78, 5) is 24.0. The molecule has 21 heavy (non-hydrogen) atoms. The summed E-state index contributed by atoms with van der Waals surface area (Å²) in [5.74, 6) is -0.0436. The van der Waals surface area contributed by atoms with Gasteiger partial charge in [-0.1, -0.05) is 6.42 Å². The van der Waals surface area contributed by atoms with E-state index in [0.29, 0.717) is 32.5 Å². The zero-order valence-corrected chi connectivity index (χ0v) is 12.7. The molecule has 0 aromatic carbocycles. The lowest BCUT2D eigenvalue weighted by Gasteiger charge is -2.37. The summed E-state index contributed by atoms with van der Waals surface area (Å²) in [7, 11) is 1.37. The molecular weight excluding hydrogens is 272 g/mol. The molecule has 120 valence electrons. The van der Waals surface area contributed by atoms with Crippen LogP contribution >= 0.6 is 0 Å². The molecule has 2 aliphatic rings. The summed E-state index contributed by atoms with van der Waals surface area (Å²) in [5, 5.41) is 3.07. The topological polar surface area (TPSA) is 90.7 Å². The van der Waals surface area contributed by atoms with Gasteiger partial charge in [0, 0.05) is 25.7 Å². The first-order chi connectivity index (χ1) is 10.0. The van der Waals surface area contributed by atoms with Gasteiger partial charge in [-0.05, 0) is 31.6 Å². The first-order valence-electron chi connectivity index (χ1n) is 7.76. The fraction of sp³-hybridized carbons (Fsp3) is 0.867. The van der Waals surface area contributed by atoms with E-state index in [1.54, 1.807) is 0 Å². The molecule has 6 nitrogen and oxygen atoms in total. The highest BCUT2D eigenvalue weighted by molar-refractivity contribution is 5.79. The van der Waals surface area contributed by atoms with Crippen molar-refractivity contribution in [3.63, 3.8) is 0 Å². The first kappa shape index (κ1) is 16.2. The Bertz CT molecular complexity index is 380. The van der Waals surface area contributed by atoms with E-state index >= 15 is 0 Å². The SMILES string of the molecule is COC(=O)CC1(NC(=O)C[C@@H]2CCC[C@H]2N)CCOCC1. The first-order valence-corrected chi connectivity index (χ1v) is 7.76. The zero-order chi connectivity index (χ0) is 15.3. The lowest BCUT2D eigenvalue weighted by molar-refractivity contribution is -0.144. The van der Waals surface area contributed by atoms with Gasteiger partial charge < -0.3 is 20.5 Å². The van der Waals surface area contributed by atoms with Gasteiger partial charge in [0.05, 0.1) is 19.1 Å². The highest BCUT2D eigenvalue weighted by atomic mass is 16.5. The van der Waals surface area contributed by atoms with Gasteiger partial charge in [0.2, 0.25) is 5.91 Å². The van der Waals surface area contributed by atoms with Crippen molar-refractivity contribution in [2.45, 2.75) is 56.5 Å². The summed E-state index contributed by atoms with van der Waals surface area (Å²) in [6, 6.07) is 0.127. The second kappa shape index (κ2) is 7.22. The van der Waals surface area contributed by atoms with Crippen molar-refractivity contribution in [1.82, 2.24) is 5.32 Å². The smallest absolute Gasteiger partial charge is 0.307 e. The highest BCUT2D eigenvalue weighted by Gasteiger charge is 2.37. The number of nitrogens with two attached hydrogens (primary N) is 1. The Kier molecular flexibility index (Phi) is 5.58. The average molecular weight is 298 g/mol. The van der Waals surface area contributed by atoms with Crippen molar-refractivity contribution in [2.24, 2.45) is 11.7 Å². The van der Waals surface area contributed by atoms with Gasteiger partial charge in [-0.25, -0.2) is 0 Å². The number of nitrogens with one attached hydrogen (secondary N) is 1. The fourth-order valence-electron chi connectivity index (χ4n) is 3.36. The second-order valence-corrected chi connectivity index (χ2v) is 6.25. The molecule has 1 amide bonds. The Morgan fingerprint density at radius 2 is 2.05 bits per heavy atom. The summed E-state index contributed by atoms with van der Waals surface area (Å²) in [5.41, 5.74) is 5.50. The number of esters is 1. The van der Waals surface area contributed by atoms with E-state index in [4.69, 9.17) is 15.2 Å². The van der Waals surface area contributed by atoms with Crippen LogP contribution < -0.4 is 11.1 Å². The van der Waals surface area contributed by atoms with Gasteiger partial charge >= 0.3 is 5.97 Å². The van der Waals surface area contributed by atoms with Crippen LogP contribution in [-0.4, -0.2) is 43.8 Å². The second-order valence-electron chi connectivity index (χ2n) is 6.25. The van der Waals surface area contributed by atoms with E-state index in [-0.39, 0.29) is 30.3 Å². The predicted molar refractivity (Wildman–Crippen MR) is 77.5 cm³/mol. The standard InChI is InChI=1S/C15H26N2O4/c1-20-14(19)10-15(5-7-21-8-6-15)17-13(18)9-11-3-2-4-12(11)16/h11-12H,2-10,16H2,1H3,(H,17,18)/t11-,12+/m0/s1. The van der Waals surface area contributed by atoms with Crippen molar-refractivity contribution < 1.29 is 19.1 Å². The molecule has 1 heterocycles. The van der Waals surface area contributed by atoms with Gasteiger partial charge in [0.15, 0.2) is 0 Å². The van der Waals surface area contributed by atoms with Crippen LogP contribution in [0.25, 0.3) is 0 Å². The molecule has 2 atom stereocenters. The lowest BCUT2D eigenvalue weighted by atomic mass is 9.86.